The number of nitrogens with zero attached hydrogens (tertiary/aromatic N) is 1. The summed E-state index contributed by atoms with van der Waals surface area (Å²) >= 11 is 0. The second kappa shape index (κ2) is 7.60. The number of rotatable bonds is 5. The van der Waals surface area contributed by atoms with E-state index in [1.54, 1.807) is 0 Å². The lowest BCUT2D eigenvalue weighted by molar-refractivity contribution is -0.138. The highest BCUT2D eigenvalue weighted by Crippen LogP contribution is 2.07. The average molecular weight is 271 g/mol. The van der Waals surface area contributed by atoms with Crippen LogP contribution in [0.25, 0.3) is 0 Å². The maximum Gasteiger partial charge on any atom is 0.317 e. The summed E-state index contributed by atoms with van der Waals surface area (Å²) in [5, 5.41) is 14.1. The van der Waals surface area contributed by atoms with Crippen molar-refractivity contribution in [3.8, 4) is 0 Å². The first-order valence-corrected chi connectivity index (χ1v) is 6.54. The van der Waals surface area contributed by atoms with Gasteiger partial charge in [0.1, 0.15) is 6.54 Å². The molecule has 0 aromatic carbocycles. The Kier molecular flexibility index (Phi) is 6.11. The Morgan fingerprint density at radius 3 is 2.89 bits per heavy atom. The molecule has 1 aliphatic rings. The van der Waals surface area contributed by atoms with Gasteiger partial charge in [-0.15, -0.1) is 0 Å². The minimum Gasteiger partial charge on any atom is -0.481 e. The highest BCUT2D eigenvalue weighted by molar-refractivity contribution is 5.84. The van der Waals surface area contributed by atoms with Gasteiger partial charge in [-0.05, 0) is 12.3 Å². The van der Waals surface area contributed by atoms with Crippen molar-refractivity contribution < 1.29 is 19.5 Å². The van der Waals surface area contributed by atoms with Gasteiger partial charge in [0.15, 0.2) is 0 Å². The minimum atomic E-state index is -0.866. The molecule has 0 aromatic rings. The third kappa shape index (κ3) is 5.58. The van der Waals surface area contributed by atoms with Gasteiger partial charge < -0.3 is 20.6 Å². The molecule has 1 unspecified atom stereocenters. The van der Waals surface area contributed by atoms with Crippen molar-refractivity contribution in [3.05, 3.63) is 0 Å². The Morgan fingerprint density at radius 1 is 1.53 bits per heavy atom. The van der Waals surface area contributed by atoms with Gasteiger partial charge in [0.2, 0.25) is 5.91 Å². The molecule has 0 aliphatic carbocycles. The van der Waals surface area contributed by atoms with Gasteiger partial charge in [0, 0.05) is 26.1 Å². The fourth-order valence-corrected chi connectivity index (χ4v) is 1.93. The second-order valence-electron chi connectivity index (χ2n) is 4.68. The zero-order valence-electron chi connectivity index (χ0n) is 11.1. The quantitative estimate of drug-likeness (QED) is 0.656. The van der Waals surface area contributed by atoms with E-state index in [1.165, 1.54) is 4.90 Å². The van der Waals surface area contributed by atoms with Crippen LogP contribution in [0.5, 0.6) is 0 Å². The molecule has 19 heavy (non-hydrogen) atoms. The Hall–Kier alpha value is -1.79. The number of carboxylic acid groups (broad SMARTS) is 1. The van der Waals surface area contributed by atoms with Crippen molar-refractivity contribution >= 4 is 17.9 Å². The Bertz CT molecular complexity index is 346. The SMILES string of the molecule is CCC(CNC(=O)N1CCCNC(=O)C1)CC(=O)O. The molecule has 7 nitrogen and oxygen atoms in total. The zero-order chi connectivity index (χ0) is 14.3. The Balaban J connectivity index is 2.40. The summed E-state index contributed by atoms with van der Waals surface area (Å²) in [6, 6.07) is -0.305. The maximum absolute atomic E-state index is 11.9. The number of amides is 3. The lowest BCUT2D eigenvalue weighted by atomic mass is 10.0. The first-order chi connectivity index (χ1) is 9.02. The molecule has 7 heteroatoms. The van der Waals surface area contributed by atoms with Gasteiger partial charge in [-0.25, -0.2) is 4.79 Å². The molecule has 0 aromatic heterocycles. The molecule has 1 atom stereocenters. The summed E-state index contributed by atoms with van der Waals surface area (Å²) < 4.78 is 0. The summed E-state index contributed by atoms with van der Waals surface area (Å²) in [6.07, 6.45) is 1.45. The fraction of sp³-hybridized carbons (Fsp3) is 0.750. The number of urea groups is 1. The van der Waals surface area contributed by atoms with Gasteiger partial charge in [0.25, 0.3) is 0 Å². The van der Waals surface area contributed by atoms with Crippen LogP contribution in [0.4, 0.5) is 4.79 Å². The van der Waals surface area contributed by atoms with Crippen LogP contribution in [0.3, 0.4) is 0 Å². The van der Waals surface area contributed by atoms with Gasteiger partial charge in [-0.3, -0.25) is 9.59 Å². The van der Waals surface area contributed by atoms with E-state index in [9.17, 15) is 14.4 Å². The Labute approximate surface area is 112 Å². The zero-order valence-corrected chi connectivity index (χ0v) is 11.1. The monoisotopic (exact) mass is 271 g/mol. The van der Waals surface area contributed by atoms with Crippen LogP contribution >= 0.6 is 0 Å². The molecule has 1 aliphatic heterocycles. The molecule has 1 fully saturated rings. The van der Waals surface area contributed by atoms with E-state index in [0.717, 1.165) is 6.42 Å². The molecular formula is C12H21N3O4. The number of aliphatic carboxylic acids is 1. The van der Waals surface area contributed by atoms with Crippen molar-refractivity contribution in [3.63, 3.8) is 0 Å². The second-order valence-corrected chi connectivity index (χ2v) is 4.68. The van der Waals surface area contributed by atoms with Crippen LogP contribution in [-0.4, -0.2) is 54.1 Å². The molecule has 0 spiro atoms. The van der Waals surface area contributed by atoms with Gasteiger partial charge in [-0.1, -0.05) is 13.3 Å². The average Bonchev–Trinajstić information content (AvgIpc) is 2.58. The smallest absolute Gasteiger partial charge is 0.317 e. The van der Waals surface area contributed by atoms with Gasteiger partial charge in [0.05, 0.1) is 0 Å². The molecule has 1 heterocycles. The first-order valence-electron chi connectivity index (χ1n) is 6.54. The predicted molar refractivity (Wildman–Crippen MR) is 68.6 cm³/mol. The molecule has 1 rings (SSSR count). The number of carbonyl (C=O) groups is 3. The van der Waals surface area contributed by atoms with E-state index in [4.69, 9.17) is 5.11 Å². The van der Waals surface area contributed by atoms with E-state index >= 15 is 0 Å². The van der Waals surface area contributed by atoms with Crippen LogP contribution in [-0.2, 0) is 9.59 Å². The summed E-state index contributed by atoms with van der Waals surface area (Å²) in [5.74, 6) is -1.11. The number of nitrogens with one attached hydrogen (secondary N) is 2. The van der Waals surface area contributed by atoms with E-state index in [1.807, 2.05) is 6.92 Å². The van der Waals surface area contributed by atoms with Crippen LogP contribution in [0.2, 0.25) is 0 Å². The molecule has 3 N–H and O–H groups in total. The van der Waals surface area contributed by atoms with Crippen molar-refractivity contribution in [2.45, 2.75) is 26.2 Å². The van der Waals surface area contributed by atoms with Crippen molar-refractivity contribution in [2.75, 3.05) is 26.2 Å². The van der Waals surface area contributed by atoms with Gasteiger partial charge >= 0.3 is 12.0 Å². The summed E-state index contributed by atoms with van der Waals surface area (Å²) in [4.78, 5) is 35.3. The van der Waals surface area contributed by atoms with E-state index in [2.05, 4.69) is 10.6 Å². The van der Waals surface area contributed by atoms with Crippen molar-refractivity contribution in [1.82, 2.24) is 15.5 Å². The standard InChI is InChI=1S/C12H21N3O4/c1-2-9(6-11(17)18)7-14-12(19)15-5-3-4-13-10(16)8-15/h9H,2-8H2,1H3,(H,13,16)(H,14,19)(H,17,18). The first kappa shape index (κ1) is 15.3. The van der Waals surface area contributed by atoms with Crippen LogP contribution in [0.15, 0.2) is 0 Å². The lowest BCUT2D eigenvalue weighted by Crippen LogP contribution is -2.44. The fourth-order valence-electron chi connectivity index (χ4n) is 1.93. The number of hydrogen-bond donors (Lipinski definition) is 3. The summed E-state index contributed by atoms with van der Waals surface area (Å²) in [7, 11) is 0. The normalized spacial score (nSPS) is 17.3. The van der Waals surface area contributed by atoms with E-state index in [0.29, 0.717) is 26.1 Å². The summed E-state index contributed by atoms with van der Waals surface area (Å²) in [5.41, 5.74) is 0. The van der Waals surface area contributed by atoms with Crippen molar-refractivity contribution in [2.24, 2.45) is 5.92 Å². The molecule has 108 valence electrons. The number of carbonyl (C=O) groups excluding carboxylic acids is 2. The highest BCUT2D eigenvalue weighted by atomic mass is 16.4. The Morgan fingerprint density at radius 2 is 2.26 bits per heavy atom. The minimum absolute atomic E-state index is 0.0390. The van der Waals surface area contributed by atoms with Crippen LogP contribution in [0.1, 0.15) is 26.2 Å². The number of carboxylic acids is 1. The summed E-state index contributed by atoms with van der Waals surface area (Å²) in [6.45, 7) is 3.37. The lowest BCUT2D eigenvalue weighted by Gasteiger charge is -2.21. The third-order valence-electron chi connectivity index (χ3n) is 3.13. The third-order valence-corrected chi connectivity index (χ3v) is 3.13. The van der Waals surface area contributed by atoms with E-state index in [-0.39, 0.29) is 30.8 Å². The molecule has 0 bridgehead atoms. The largest absolute Gasteiger partial charge is 0.481 e. The van der Waals surface area contributed by atoms with Crippen molar-refractivity contribution in [1.29, 1.82) is 0 Å². The molecule has 1 saturated heterocycles. The van der Waals surface area contributed by atoms with Gasteiger partial charge in [-0.2, -0.15) is 0 Å². The number of hydrogen-bond acceptors (Lipinski definition) is 3. The molecule has 0 saturated carbocycles. The molecule has 3 amide bonds. The molecule has 0 radical (unpaired) electrons. The van der Waals surface area contributed by atoms with Crippen LogP contribution in [0, 0.1) is 5.92 Å². The van der Waals surface area contributed by atoms with E-state index < -0.39 is 5.97 Å². The maximum atomic E-state index is 11.9. The van der Waals surface area contributed by atoms with Crippen LogP contribution < -0.4 is 10.6 Å². The predicted octanol–water partition coefficient (Wildman–Crippen LogP) is 0.0188. The topological polar surface area (TPSA) is 98.7 Å². The molecular weight excluding hydrogens is 250 g/mol. The highest BCUT2D eigenvalue weighted by Gasteiger charge is 2.20.